The Morgan fingerprint density at radius 3 is 2.84 bits per heavy atom. The van der Waals surface area contributed by atoms with Crippen molar-refractivity contribution in [1.29, 1.82) is 0 Å². The number of fused-ring (bicyclic) bond motifs is 1. The number of tetrazole rings is 1. The van der Waals surface area contributed by atoms with Gasteiger partial charge in [0.25, 0.3) is 5.56 Å². The zero-order valence-electron chi connectivity index (χ0n) is 21.3. The summed E-state index contributed by atoms with van der Waals surface area (Å²) in [6, 6.07) is 21.9. The maximum atomic E-state index is 13.7. The second kappa shape index (κ2) is 11.0. The van der Waals surface area contributed by atoms with Crippen LogP contribution in [0, 0.1) is 6.92 Å². The minimum Gasteiger partial charge on any atom is -0.377 e. The Hall–Kier alpha value is -3.66. The second-order valence-electron chi connectivity index (χ2n) is 9.87. The first-order valence-electron chi connectivity index (χ1n) is 13.0. The zero-order chi connectivity index (χ0) is 25.9. The zero-order valence-corrected chi connectivity index (χ0v) is 22.1. The third-order valence-corrected chi connectivity index (χ3v) is 7.93. The Bertz CT molecular complexity index is 1560. The van der Waals surface area contributed by atoms with E-state index in [4.69, 9.17) is 4.74 Å². The molecule has 0 spiro atoms. The molecule has 3 aromatic heterocycles. The lowest BCUT2D eigenvalue weighted by Gasteiger charge is -2.32. The molecule has 2 atom stereocenters. The number of ether oxygens (including phenoxy) is 1. The smallest absolute Gasteiger partial charge is 0.253 e. The summed E-state index contributed by atoms with van der Waals surface area (Å²) in [7, 11) is 0. The van der Waals surface area contributed by atoms with Crippen molar-refractivity contribution in [3.05, 3.63) is 110 Å². The van der Waals surface area contributed by atoms with Crippen molar-refractivity contribution in [2.24, 2.45) is 0 Å². The van der Waals surface area contributed by atoms with E-state index in [1.165, 1.54) is 4.88 Å². The van der Waals surface area contributed by atoms with Crippen molar-refractivity contribution in [2.75, 3.05) is 13.2 Å². The van der Waals surface area contributed by atoms with Crippen LogP contribution in [0.15, 0.2) is 76.9 Å². The number of H-pyrrole nitrogens is 1. The van der Waals surface area contributed by atoms with Crippen molar-refractivity contribution in [3.63, 3.8) is 0 Å². The van der Waals surface area contributed by atoms with Crippen LogP contribution in [0.4, 0.5) is 0 Å². The molecule has 0 unspecified atom stereocenters. The van der Waals surface area contributed by atoms with E-state index >= 15 is 0 Å². The van der Waals surface area contributed by atoms with Crippen LogP contribution >= 0.6 is 11.3 Å². The highest BCUT2D eigenvalue weighted by Crippen LogP contribution is 2.31. The molecular weight excluding hydrogens is 496 g/mol. The first kappa shape index (κ1) is 24.7. The lowest BCUT2D eigenvalue weighted by Crippen LogP contribution is -2.39. The van der Waals surface area contributed by atoms with Gasteiger partial charge in [0.1, 0.15) is 6.04 Å². The first-order valence-corrected chi connectivity index (χ1v) is 13.8. The van der Waals surface area contributed by atoms with Crippen molar-refractivity contribution < 1.29 is 4.74 Å². The number of nitrogens with zero attached hydrogens (tertiary/aromatic N) is 5. The van der Waals surface area contributed by atoms with E-state index in [-0.39, 0.29) is 11.7 Å². The quantitative estimate of drug-likeness (QED) is 0.299. The Morgan fingerprint density at radius 1 is 1.16 bits per heavy atom. The maximum absolute atomic E-state index is 13.7. The highest BCUT2D eigenvalue weighted by atomic mass is 32.1. The predicted molar refractivity (Wildman–Crippen MR) is 148 cm³/mol. The summed E-state index contributed by atoms with van der Waals surface area (Å²) in [6.07, 6.45) is 2.14. The van der Waals surface area contributed by atoms with Gasteiger partial charge in [-0.15, -0.1) is 16.4 Å². The van der Waals surface area contributed by atoms with E-state index in [0.717, 1.165) is 41.5 Å². The van der Waals surface area contributed by atoms with E-state index in [1.54, 1.807) is 11.3 Å². The average molecular weight is 527 g/mol. The van der Waals surface area contributed by atoms with Crippen molar-refractivity contribution >= 4 is 22.2 Å². The van der Waals surface area contributed by atoms with E-state index in [2.05, 4.69) is 68.0 Å². The van der Waals surface area contributed by atoms with Crippen molar-refractivity contribution in [3.8, 4) is 0 Å². The van der Waals surface area contributed by atoms with E-state index in [9.17, 15) is 4.79 Å². The molecule has 5 aromatic rings. The van der Waals surface area contributed by atoms with Gasteiger partial charge in [0.2, 0.25) is 0 Å². The summed E-state index contributed by atoms with van der Waals surface area (Å²) in [4.78, 5) is 20.3. The minimum absolute atomic E-state index is 0.0951. The number of thiophene rings is 1. The molecule has 1 N–H and O–H groups in total. The number of nitrogens with one attached hydrogen (secondary N) is 1. The fraction of sp³-hybridized carbons (Fsp3) is 0.310. The minimum atomic E-state index is -0.464. The third kappa shape index (κ3) is 5.31. The standard InChI is InChI=1S/C29H30N6O2S/c1-20-11-12-26-22(15-20)16-25(29(36)30-26)27(28-31-32-33-35(28)17-21-7-3-2-4-8-21)34(18-23-9-5-13-37-23)19-24-10-6-14-38-24/h2-4,6-8,10-12,14-16,23,27H,5,9,13,17-19H2,1H3,(H,30,36)/t23-,27-/m0/s1. The third-order valence-electron chi connectivity index (χ3n) is 7.07. The molecule has 1 aliphatic heterocycles. The molecule has 194 valence electrons. The van der Waals surface area contributed by atoms with Gasteiger partial charge in [0.05, 0.1) is 12.6 Å². The number of benzene rings is 2. The summed E-state index contributed by atoms with van der Waals surface area (Å²) in [5.74, 6) is 0.640. The van der Waals surface area contributed by atoms with Crippen LogP contribution in [0.1, 0.15) is 46.3 Å². The number of pyridine rings is 1. The number of hydrogen-bond donors (Lipinski definition) is 1. The van der Waals surface area contributed by atoms with Crippen LogP contribution in [0.2, 0.25) is 0 Å². The molecule has 1 aliphatic rings. The van der Waals surface area contributed by atoms with Crippen LogP contribution in [-0.4, -0.2) is 49.3 Å². The molecule has 0 saturated carbocycles. The fourth-order valence-corrected chi connectivity index (χ4v) is 5.96. The Labute approximate surface area is 224 Å². The fourth-order valence-electron chi connectivity index (χ4n) is 5.24. The van der Waals surface area contributed by atoms with Gasteiger partial charge in [-0.25, -0.2) is 4.68 Å². The summed E-state index contributed by atoms with van der Waals surface area (Å²) >= 11 is 1.71. The number of aromatic amines is 1. The second-order valence-corrected chi connectivity index (χ2v) is 10.9. The SMILES string of the molecule is Cc1ccc2[nH]c(=O)c([C@@H](c3nnnn3Cc3ccccc3)N(Cc3cccs3)C[C@@H]3CCCO3)cc2c1. The van der Waals surface area contributed by atoms with Gasteiger partial charge in [0.15, 0.2) is 5.82 Å². The molecule has 0 aliphatic carbocycles. The molecule has 4 heterocycles. The Balaban J connectivity index is 1.49. The number of aromatic nitrogens is 5. The van der Waals surface area contributed by atoms with Gasteiger partial charge in [-0.05, 0) is 70.8 Å². The number of hydrogen-bond acceptors (Lipinski definition) is 7. The van der Waals surface area contributed by atoms with Gasteiger partial charge in [-0.3, -0.25) is 9.69 Å². The van der Waals surface area contributed by atoms with Gasteiger partial charge in [-0.2, -0.15) is 0 Å². The molecule has 38 heavy (non-hydrogen) atoms. The molecule has 0 amide bonds. The monoisotopic (exact) mass is 526 g/mol. The molecule has 0 radical (unpaired) electrons. The van der Waals surface area contributed by atoms with E-state index in [1.807, 2.05) is 41.1 Å². The van der Waals surface area contributed by atoms with Crippen LogP contribution in [0.25, 0.3) is 10.9 Å². The molecule has 1 saturated heterocycles. The first-order chi connectivity index (χ1) is 18.6. The lowest BCUT2D eigenvalue weighted by atomic mass is 10.0. The number of aryl methyl sites for hydroxylation is 1. The van der Waals surface area contributed by atoms with Crippen LogP contribution < -0.4 is 5.56 Å². The Kier molecular flexibility index (Phi) is 7.13. The number of rotatable bonds is 9. The summed E-state index contributed by atoms with van der Waals surface area (Å²) in [5, 5.41) is 16.0. The van der Waals surface area contributed by atoms with Crippen molar-refractivity contribution in [1.82, 2.24) is 30.1 Å². The summed E-state index contributed by atoms with van der Waals surface area (Å²) < 4.78 is 7.88. The van der Waals surface area contributed by atoms with Crippen LogP contribution in [0.5, 0.6) is 0 Å². The molecule has 9 heteroatoms. The molecular formula is C29H30N6O2S. The van der Waals surface area contributed by atoms with Gasteiger partial charge in [-0.1, -0.05) is 48.0 Å². The average Bonchev–Trinajstić information content (AvgIpc) is 3.70. The van der Waals surface area contributed by atoms with E-state index in [0.29, 0.717) is 31.0 Å². The Morgan fingerprint density at radius 2 is 2.05 bits per heavy atom. The molecule has 0 bridgehead atoms. The summed E-state index contributed by atoms with van der Waals surface area (Å²) in [5.41, 5.74) is 3.53. The molecule has 6 rings (SSSR count). The van der Waals surface area contributed by atoms with Crippen LogP contribution in [0.3, 0.4) is 0 Å². The highest BCUT2D eigenvalue weighted by Gasteiger charge is 2.33. The molecule has 2 aromatic carbocycles. The molecule has 1 fully saturated rings. The van der Waals surface area contributed by atoms with E-state index < -0.39 is 6.04 Å². The van der Waals surface area contributed by atoms with Crippen LogP contribution in [-0.2, 0) is 17.8 Å². The lowest BCUT2D eigenvalue weighted by molar-refractivity contribution is 0.0578. The van der Waals surface area contributed by atoms with Gasteiger partial charge in [0, 0.05) is 35.7 Å². The topological polar surface area (TPSA) is 88.9 Å². The highest BCUT2D eigenvalue weighted by molar-refractivity contribution is 7.09. The summed E-state index contributed by atoms with van der Waals surface area (Å²) in [6.45, 7) is 4.67. The maximum Gasteiger partial charge on any atom is 0.253 e. The predicted octanol–water partition coefficient (Wildman–Crippen LogP) is 4.70. The normalized spacial score (nSPS) is 16.4. The molecule has 8 nitrogen and oxygen atoms in total. The van der Waals surface area contributed by atoms with Gasteiger partial charge < -0.3 is 9.72 Å². The largest absolute Gasteiger partial charge is 0.377 e. The van der Waals surface area contributed by atoms with Crippen molar-refractivity contribution in [2.45, 2.75) is 45.0 Å². The van der Waals surface area contributed by atoms with Gasteiger partial charge >= 0.3 is 0 Å².